The summed E-state index contributed by atoms with van der Waals surface area (Å²) in [5.41, 5.74) is 1.19. The maximum absolute atomic E-state index is 4.97. The molecule has 1 N–H and O–H groups in total. The molecule has 0 aliphatic heterocycles. The Morgan fingerprint density at radius 1 is 1.20 bits per heavy atom. The molecule has 0 aliphatic rings. The third kappa shape index (κ3) is 12.9. The van der Waals surface area contributed by atoms with E-state index < -0.39 is 14.7 Å². The maximum atomic E-state index is 4.97. The zero-order valence-corrected chi connectivity index (χ0v) is 13.0. The molecule has 0 radical (unpaired) electrons. The van der Waals surface area contributed by atoms with Crippen molar-refractivity contribution in [1.82, 2.24) is 0 Å². The van der Waals surface area contributed by atoms with Crippen molar-refractivity contribution < 1.29 is 14.7 Å². The molecule has 0 unspecified atom stereocenters. The van der Waals surface area contributed by atoms with Gasteiger partial charge in [-0.15, -0.1) is 0 Å². The van der Waals surface area contributed by atoms with Crippen LogP contribution in [0.25, 0.3) is 0 Å². The van der Waals surface area contributed by atoms with Gasteiger partial charge in [-0.2, -0.15) is 0 Å². The van der Waals surface area contributed by atoms with Crippen molar-refractivity contribution in [2.75, 3.05) is 10.5 Å². The minimum atomic E-state index is -1.92. The first-order valence-electron chi connectivity index (χ1n) is 4.43. The molecule has 0 aliphatic carbocycles. The number of anilines is 1. The Balaban J connectivity index is 0.000000423. The molecule has 0 bridgehead atoms. The minimum absolute atomic E-state index is 1.16. The molecule has 6 heteroatoms. The first-order valence-corrected chi connectivity index (χ1v) is 11.9. The molecular weight excluding hydrogens is 308 g/mol. The number of para-hydroxylation sites is 1. The second-order valence-corrected chi connectivity index (χ2v) is 11.2. The Hall–Kier alpha value is 0.954. The van der Waals surface area contributed by atoms with Gasteiger partial charge < -0.3 is 4.72 Å². The van der Waals surface area contributed by atoms with E-state index in [1.165, 1.54) is 12.1 Å². The van der Waals surface area contributed by atoms with Crippen molar-refractivity contribution in [3.63, 3.8) is 0 Å². The van der Waals surface area contributed by atoms with E-state index in [4.69, 9.17) is 27.9 Å². The van der Waals surface area contributed by atoms with Crippen molar-refractivity contribution in [2.45, 2.75) is 13.3 Å². The molecule has 0 saturated carbocycles. The number of hydrogen-bond donors (Lipinski definition) is 1. The molecule has 15 heavy (non-hydrogen) atoms. The van der Waals surface area contributed by atoms with E-state index in [9.17, 15) is 0 Å². The Morgan fingerprint density at radius 2 is 1.73 bits per heavy atom. The van der Waals surface area contributed by atoms with Gasteiger partial charge in [0.1, 0.15) is 0 Å². The first kappa shape index (κ1) is 16.0. The van der Waals surface area contributed by atoms with Crippen molar-refractivity contribution in [3.05, 3.63) is 30.3 Å². The molecule has 0 fully saturated rings. The molecule has 0 saturated heterocycles. The Kier molecular flexibility index (Phi) is 12.2. The SMILES string of the molecule is CCCSNc1ccccc1.[Cl][Ti]([Cl])[Cl]. The molecule has 1 aromatic carbocycles. The molecule has 85 valence electrons. The average molecular weight is 322 g/mol. The Morgan fingerprint density at radius 3 is 2.20 bits per heavy atom. The summed E-state index contributed by atoms with van der Waals surface area (Å²) in [6.45, 7) is 2.18. The van der Waals surface area contributed by atoms with Crippen LogP contribution >= 0.6 is 39.9 Å². The van der Waals surface area contributed by atoms with E-state index in [0.29, 0.717) is 0 Å². The van der Waals surface area contributed by atoms with Crippen molar-refractivity contribution in [3.8, 4) is 0 Å². The molecule has 0 atom stereocenters. The predicted molar refractivity (Wildman–Crippen MR) is 70.4 cm³/mol. The van der Waals surface area contributed by atoms with Gasteiger partial charge in [-0.05, 0) is 18.6 Å². The standard InChI is InChI=1S/C9H13NS.3ClH.Ti/c1-2-8-11-10-9-6-4-3-5-7-9;;;;/h3-7,10H,2,8H2,1H3;3*1H;/q;;;;+3/p-3. The van der Waals surface area contributed by atoms with Gasteiger partial charge in [0.2, 0.25) is 0 Å². The van der Waals surface area contributed by atoms with E-state index in [2.05, 4.69) is 23.8 Å². The van der Waals surface area contributed by atoms with E-state index in [-0.39, 0.29) is 0 Å². The van der Waals surface area contributed by atoms with Gasteiger partial charge in [0.15, 0.2) is 0 Å². The van der Waals surface area contributed by atoms with Gasteiger partial charge in [0, 0.05) is 11.4 Å². The molecule has 1 aromatic rings. The summed E-state index contributed by atoms with van der Waals surface area (Å²) < 4.78 is 3.26. The quantitative estimate of drug-likeness (QED) is 0.463. The Labute approximate surface area is 113 Å². The number of halogens is 3. The topological polar surface area (TPSA) is 12.0 Å². The third-order valence-corrected chi connectivity index (χ3v) is 2.26. The summed E-state index contributed by atoms with van der Waals surface area (Å²) in [4.78, 5) is 0. The van der Waals surface area contributed by atoms with Gasteiger partial charge in [-0.3, -0.25) is 0 Å². The van der Waals surface area contributed by atoms with Crippen LogP contribution < -0.4 is 4.72 Å². The second-order valence-electron chi connectivity index (χ2n) is 2.53. The van der Waals surface area contributed by atoms with Crippen LogP contribution in [0.2, 0.25) is 0 Å². The van der Waals surface area contributed by atoms with Crippen molar-refractivity contribution in [2.24, 2.45) is 0 Å². The van der Waals surface area contributed by atoms with Crippen LogP contribution in [-0.2, 0) is 14.7 Å². The van der Waals surface area contributed by atoms with Gasteiger partial charge in [0.05, 0.1) is 0 Å². The number of hydrogen-bond acceptors (Lipinski definition) is 2. The number of benzene rings is 1. The van der Waals surface area contributed by atoms with E-state index in [0.717, 1.165) is 5.75 Å². The summed E-state index contributed by atoms with van der Waals surface area (Å²) >= 11 is -0.160. The van der Waals surface area contributed by atoms with Gasteiger partial charge in [0.25, 0.3) is 0 Å². The van der Waals surface area contributed by atoms with Gasteiger partial charge in [-0.25, -0.2) is 0 Å². The Bertz CT molecular complexity index is 233. The number of rotatable bonds is 4. The van der Waals surface area contributed by atoms with Crippen LogP contribution in [0.5, 0.6) is 0 Å². The van der Waals surface area contributed by atoms with Crippen molar-refractivity contribution in [1.29, 1.82) is 0 Å². The fourth-order valence-corrected chi connectivity index (χ4v) is 1.35. The summed E-state index contributed by atoms with van der Waals surface area (Å²) in [7, 11) is 14.9. The van der Waals surface area contributed by atoms with Crippen LogP contribution in [0.4, 0.5) is 5.69 Å². The van der Waals surface area contributed by atoms with Crippen LogP contribution in [0, 0.1) is 0 Å². The second kappa shape index (κ2) is 11.4. The average Bonchev–Trinajstić information content (AvgIpc) is 2.19. The summed E-state index contributed by atoms with van der Waals surface area (Å²) in [5, 5.41) is 0. The number of nitrogens with one attached hydrogen (secondary N) is 1. The van der Waals surface area contributed by atoms with Crippen LogP contribution in [0.3, 0.4) is 0 Å². The van der Waals surface area contributed by atoms with Crippen LogP contribution in [-0.4, -0.2) is 5.75 Å². The van der Waals surface area contributed by atoms with E-state index >= 15 is 0 Å². The molecule has 0 spiro atoms. The third-order valence-electron chi connectivity index (χ3n) is 1.27. The monoisotopic (exact) mass is 320 g/mol. The first-order chi connectivity index (χ1) is 7.16. The van der Waals surface area contributed by atoms with Gasteiger partial charge >= 0.3 is 42.6 Å². The molecule has 0 heterocycles. The zero-order chi connectivity index (χ0) is 11.5. The summed E-state index contributed by atoms with van der Waals surface area (Å²) in [6, 6.07) is 10.2. The van der Waals surface area contributed by atoms with E-state index in [1.807, 2.05) is 18.2 Å². The molecule has 0 amide bonds. The summed E-state index contributed by atoms with van der Waals surface area (Å²) in [6.07, 6.45) is 1.21. The zero-order valence-electron chi connectivity index (χ0n) is 8.34. The fraction of sp³-hybridized carbons (Fsp3) is 0.333. The molecular formula is C9H13Cl3NSTi. The van der Waals surface area contributed by atoms with E-state index in [1.54, 1.807) is 11.9 Å². The molecule has 1 nitrogen and oxygen atoms in total. The fourth-order valence-electron chi connectivity index (χ4n) is 0.743. The summed E-state index contributed by atoms with van der Waals surface area (Å²) in [5.74, 6) is 1.16. The van der Waals surface area contributed by atoms with Gasteiger partial charge in [-0.1, -0.05) is 37.1 Å². The van der Waals surface area contributed by atoms with Crippen LogP contribution in [0.15, 0.2) is 30.3 Å². The molecule has 1 rings (SSSR count). The molecule has 0 aromatic heterocycles. The normalized spacial score (nSPS) is 8.80. The van der Waals surface area contributed by atoms with Crippen molar-refractivity contribution >= 4 is 45.6 Å². The van der Waals surface area contributed by atoms with Crippen LogP contribution in [0.1, 0.15) is 13.3 Å². The predicted octanol–water partition coefficient (Wildman–Crippen LogP) is 5.22.